The Kier molecular flexibility index (Phi) is 9.22. The van der Waals surface area contributed by atoms with Crippen LogP contribution in [0.25, 0.3) is 17.0 Å². The molecule has 2 amide bonds. The summed E-state index contributed by atoms with van der Waals surface area (Å²) in [5.74, 6) is -0.814. The Morgan fingerprint density at radius 1 is 1.00 bits per heavy atom. The Morgan fingerprint density at radius 3 is 2.36 bits per heavy atom. The second-order valence-electron chi connectivity index (χ2n) is 8.70. The predicted molar refractivity (Wildman–Crippen MR) is 167 cm³/mol. The molecule has 8 heteroatoms. The van der Waals surface area contributed by atoms with E-state index in [2.05, 4.69) is 33.1 Å². The highest BCUT2D eigenvalue weighted by Gasteiger charge is 2.19. The van der Waals surface area contributed by atoms with Gasteiger partial charge in [-0.15, -0.1) is 11.8 Å². The first-order valence-electron chi connectivity index (χ1n) is 12.3. The van der Waals surface area contributed by atoms with Gasteiger partial charge in [-0.1, -0.05) is 52.9 Å². The van der Waals surface area contributed by atoms with Crippen LogP contribution in [0.5, 0.6) is 0 Å². The van der Waals surface area contributed by atoms with Gasteiger partial charge in [-0.25, -0.2) is 0 Å². The van der Waals surface area contributed by atoms with Crippen molar-refractivity contribution < 1.29 is 9.59 Å². The van der Waals surface area contributed by atoms with E-state index in [-0.39, 0.29) is 11.5 Å². The van der Waals surface area contributed by atoms with Crippen LogP contribution >= 0.6 is 27.7 Å². The molecule has 0 aliphatic heterocycles. The number of aromatic nitrogens is 1. The molecular formula is C31H28BrN3O3S. The van der Waals surface area contributed by atoms with Crippen molar-refractivity contribution in [2.24, 2.45) is 0 Å². The largest absolute Gasteiger partial charge is 0.322 e. The fourth-order valence-corrected chi connectivity index (χ4v) is 4.97. The number of carbonyl (C=O) groups is 2. The fraction of sp³-hybridized carbons (Fsp3) is 0.129. The van der Waals surface area contributed by atoms with Gasteiger partial charge >= 0.3 is 0 Å². The minimum absolute atomic E-state index is 0.00590. The van der Waals surface area contributed by atoms with Crippen molar-refractivity contribution in [2.45, 2.75) is 19.9 Å². The number of fused-ring (bicyclic) bond motifs is 1. The maximum Gasteiger partial charge on any atom is 0.263 e. The lowest BCUT2D eigenvalue weighted by molar-refractivity contribution is 0.101. The molecule has 0 fully saturated rings. The van der Waals surface area contributed by atoms with Crippen molar-refractivity contribution in [3.63, 3.8) is 0 Å². The Balaban J connectivity index is 1.78. The molecule has 0 atom stereocenters. The van der Waals surface area contributed by atoms with Crippen LogP contribution in [0, 0.1) is 0 Å². The van der Waals surface area contributed by atoms with Crippen LogP contribution in [0.4, 0.5) is 11.4 Å². The van der Waals surface area contributed by atoms with E-state index in [0.717, 1.165) is 14.9 Å². The fourth-order valence-electron chi connectivity index (χ4n) is 4.18. The van der Waals surface area contributed by atoms with E-state index in [1.54, 1.807) is 64.9 Å². The summed E-state index contributed by atoms with van der Waals surface area (Å²) in [7, 11) is 0. The van der Waals surface area contributed by atoms with E-state index in [1.807, 2.05) is 49.6 Å². The summed E-state index contributed by atoms with van der Waals surface area (Å²) in [4.78, 5) is 41.2. The molecule has 39 heavy (non-hydrogen) atoms. The topological polar surface area (TPSA) is 80.2 Å². The van der Waals surface area contributed by atoms with Crippen LogP contribution in [0.15, 0.2) is 99.6 Å². The number of benzene rings is 3. The maximum absolute atomic E-state index is 13.6. The number of aryl methyl sites for hydroxylation is 1. The highest BCUT2D eigenvalue weighted by molar-refractivity contribution is 9.10. The minimum Gasteiger partial charge on any atom is -0.322 e. The zero-order chi connectivity index (χ0) is 27.9. The van der Waals surface area contributed by atoms with E-state index in [0.29, 0.717) is 40.8 Å². The van der Waals surface area contributed by atoms with Crippen molar-refractivity contribution in [3.05, 3.63) is 122 Å². The van der Waals surface area contributed by atoms with Gasteiger partial charge < -0.3 is 15.2 Å². The summed E-state index contributed by atoms with van der Waals surface area (Å²) in [6, 6.07) is 21.2. The van der Waals surface area contributed by atoms with Crippen molar-refractivity contribution in [2.75, 3.05) is 16.9 Å². The molecule has 1 aromatic heterocycles. The Bertz CT molecular complexity index is 1620. The Hall–Kier alpha value is -3.88. The monoisotopic (exact) mass is 601 g/mol. The third kappa shape index (κ3) is 6.58. The zero-order valence-corrected chi connectivity index (χ0v) is 24.1. The van der Waals surface area contributed by atoms with Crippen LogP contribution in [0.2, 0.25) is 0 Å². The summed E-state index contributed by atoms with van der Waals surface area (Å²) in [5, 5.41) is 6.38. The molecule has 0 saturated carbocycles. The van der Waals surface area contributed by atoms with E-state index >= 15 is 0 Å². The Morgan fingerprint density at radius 2 is 1.72 bits per heavy atom. The van der Waals surface area contributed by atoms with Crippen molar-refractivity contribution in [1.82, 2.24) is 4.57 Å². The number of halogens is 1. The van der Waals surface area contributed by atoms with Crippen molar-refractivity contribution in [3.8, 4) is 0 Å². The average Bonchev–Trinajstić information content (AvgIpc) is 2.95. The molecule has 6 nitrogen and oxygen atoms in total. The van der Waals surface area contributed by atoms with E-state index in [9.17, 15) is 14.4 Å². The number of nitrogens with zero attached hydrogens (tertiary/aromatic N) is 1. The van der Waals surface area contributed by atoms with Gasteiger partial charge in [0.25, 0.3) is 17.4 Å². The molecule has 0 bridgehead atoms. The normalized spacial score (nSPS) is 11.3. The first kappa shape index (κ1) is 28.1. The van der Waals surface area contributed by atoms with Crippen LogP contribution in [0.1, 0.15) is 39.6 Å². The maximum atomic E-state index is 13.6. The molecule has 4 rings (SSSR count). The molecule has 0 aliphatic carbocycles. The quantitative estimate of drug-likeness (QED) is 0.207. The summed E-state index contributed by atoms with van der Waals surface area (Å²) < 4.78 is 2.49. The van der Waals surface area contributed by atoms with Gasteiger partial charge in [0.2, 0.25) is 0 Å². The summed E-state index contributed by atoms with van der Waals surface area (Å²) >= 11 is 5.01. The smallest absolute Gasteiger partial charge is 0.263 e. The molecule has 0 aliphatic rings. The van der Waals surface area contributed by atoms with Gasteiger partial charge in [0.05, 0.1) is 11.2 Å². The third-order valence-electron chi connectivity index (χ3n) is 6.31. The summed E-state index contributed by atoms with van der Waals surface area (Å²) in [6.45, 7) is 6.09. The predicted octanol–water partition coefficient (Wildman–Crippen LogP) is 7.57. The lowest BCUT2D eigenvalue weighted by atomic mass is 10.1. The summed E-state index contributed by atoms with van der Waals surface area (Å²) in [5.41, 5.74) is 2.71. The number of amides is 2. The van der Waals surface area contributed by atoms with Gasteiger partial charge in [-0.05, 0) is 84.7 Å². The molecule has 0 saturated heterocycles. The van der Waals surface area contributed by atoms with Crippen molar-refractivity contribution in [1.29, 1.82) is 0 Å². The molecule has 0 radical (unpaired) electrons. The number of thioether (sulfide) groups is 1. The second kappa shape index (κ2) is 12.8. The second-order valence-corrected chi connectivity index (χ2v) is 10.6. The standard InChI is InChI=1S/C31H28BrN3O3S/c1-4-20-9-11-21(12-10-20)29(36)34-27-7-6-8-28-25(27)19-26(30(37)33-23-15-13-22(32)14-16-23)31(38)35(28)18-17-24(5-2)39-3/h4-16,19H,1,17-18H2,2-3H3,(H,33,37)(H,34,36). The van der Waals surface area contributed by atoms with Gasteiger partial charge in [-0.2, -0.15) is 0 Å². The van der Waals surface area contributed by atoms with Crippen molar-refractivity contribution >= 4 is 67.9 Å². The number of nitrogens with one attached hydrogen (secondary N) is 2. The highest BCUT2D eigenvalue weighted by Crippen LogP contribution is 2.26. The molecule has 4 aromatic rings. The lowest BCUT2D eigenvalue weighted by Gasteiger charge is -2.16. The van der Waals surface area contributed by atoms with Crippen LogP contribution in [-0.4, -0.2) is 22.6 Å². The van der Waals surface area contributed by atoms with Gasteiger partial charge in [0.15, 0.2) is 0 Å². The van der Waals surface area contributed by atoms with E-state index in [4.69, 9.17) is 0 Å². The van der Waals surface area contributed by atoms with Gasteiger partial charge in [0, 0.05) is 27.7 Å². The molecule has 0 unspecified atom stereocenters. The molecule has 3 aromatic carbocycles. The van der Waals surface area contributed by atoms with Crippen LogP contribution in [-0.2, 0) is 6.54 Å². The SMILES string of the molecule is C=Cc1ccc(C(=O)Nc2cccc3c2cc(C(=O)Nc2ccc(Br)cc2)c(=O)n3CCC(=CC)SC)cc1. The number of hydrogen-bond donors (Lipinski definition) is 2. The van der Waals surface area contributed by atoms with Gasteiger partial charge in [0.1, 0.15) is 5.56 Å². The number of rotatable bonds is 9. The number of anilines is 2. The van der Waals surface area contributed by atoms with Gasteiger partial charge in [-0.3, -0.25) is 14.4 Å². The highest BCUT2D eigenvalue weighted by atomic mass is 79.9. The minimum atomic E-state index is -0.518. The lowest BCUT2D eigenvalue weighted by Crippen LogP contribution is -2.30. The van der Waals surface area contributed by atoms with E-state index in [1.165, 1.54) is 0 Å². The Labute approximate surface area is 240 Å². The van der Waals surface area contributed by atoms with Crippen LogP contribution < -0.4 is 16.2 Å². The first-order chi connectivity index (χ1) is 18.8. The molecule has 198 valence electrons. The third-order valence-corrected chi connectivity index (χ3v) is 7.80. The molecule has 0 spiro atoms. The zero-order valence-electron chi connectivity index (χ0n) is 21.7. The number of hydrogen-bond acceptors (Lipinski definition) is 4. The number of pyridine rings is 1. The number of carbonyl (C=O) groups excluding carboxylic acids is 2. The van der Waals surface area contributed by atoms with E-state index < -0.39 is 11.5 Å². The van der Waals surface area contributed by atoms with Crippen LogP contribution in [0.3, 0.4) is 0 Å². The number of allylic oxidation sites excluding steroid dienone is 2. The summed E-state index contributed by atoms with van der Waals surface area (Å²) in [6.07, 6.45) is 6.36. The molecular weight excluding hydrogens is 574 g/mol. The first-order valence-corrected chi connectivity index (χ1v) is 14.3. The average molecular weight is 603 g/mol. The molecule has 2 N–H and O–H groups in total. The molecule has 1 heterocycles.